The van der Waals surface area contributed by atoms with Crippen LogP contribution in [0.3, 0.4) is 0 Å². The molecule has 2 fully saturated rings. The van der Waals surface area contributed by atoms with Gasteiger partial charge >= 0.3 is 0 Å². The predicted octanol–water partition coefficient (Wildman–Crippen LogP) is 3.84. The maximum Gasteiger partial charge on any atom is 0.256 e. The molecule has 0 aromatic heterocycles. The first kappa shape index (κ1) is 23.9. The lowest BCUT2D eigenvalue weighted by Crippen LogP contribution is -2.55. The Morgan fingerprint density at radius 2 is 1.41 bits per heavy atom. The van der Waals surface area contributed by atoms with Crippen LogP contribution in [-0.4, -0.2) is 47.8 Å². The second-order valence-electron chi connectivity index (χ2n) is 9.34. The van der Waals surface area contributed by atoms with Gasteiger partial charge in [-0.15, -0.1) is 0 Å². The van der Waals surface area contributed by atoms with Crippen molar-refractivity contribution in [3.63, 3.8) is 0 Å². The van der Waals surface area contributed by atoms with Crippen LogP contribution in [0, 0.1) is 18.7 Å². The smallest absolute Gasteiger partial charge is 0.256 e. The highest BCUT2D eigenvalue weighted by atomic mass is 19.1. The molecule has 0 radical (unpaired) electrons. The molecule has 6 nitrogen and oxygen atoms in total. The van der Waals surface area contributed by atoms with Gasteiger partial charge in [0.1, 0.15) is 5.82 Å². The van der Waals surface area contributed by atoms with E-state index in [9.17, 15) is 18.8 Å². The van der Waals surface area contributed by atoms with E-state index in [4.69, 9.17) is 0 Å². The van der Waals surface area contributed by atoms with Crippen LogP contribution in [-0.2, 0) is 4.79 Å². The monoisotopic (exact) mass is 465 g/mol. The van der Waals surface area contributed by atoms with Gasteiger partial charge in [0.25, 0.3) is 11.8 Å². The Morgan fingerprint density at radius 1 is 0.824 bits per heavy atom. The number of aryl methyl sites for hydroxylation is 1. The minimum atomic E-state index is -0.525. The Hall–Kier alpha value is -3.22. The molecule has 0 bridgehead atoms. The predicted molar refractivity (Wildman–Crippen MR) is 128 cm³/mol. The van der Waals surface area contributed by atoms with Crippen molar-refractivity contribution in [2.45, 2.75) is 57.5 Å². The number of nitrogens with zero attached hydrogens (tertiary/aromatic N) is 1. The van der Waals surface area contributed by atoms with Gasteiger partial charge in [0.05, 0.1) is 5.56 Å². The normalized spacial score (nSPS) is 21.1. The molecule has 1 aliphatic carbocycles. The fourth-order valence-corrected chi connectivity index (χ4v) is 5.00. The Kier molecular flexibility index (Phi) is 7.60. The number of amides is 3. The molecule has 34 heavy (non-hydrogen) atoms. The van der Waals surface area contributed by atoms with E-state index in [1.54, 1.807) is 17.0 Å². The first-order valence-electron chi connectivity index (χ1n) is 12.1. The largest absolute Gasteiger partial charge is 0.351 e. The van der Waals surface area contributed by atoms with Crippen LogP contribution in [0.5, 0.6) is 0 Å². The number of carbonyl (C=O) groups is 3. The number of benzene rings is 2. The van der Waals surface area contributed by atoms with Gasteiger partial charge in [-0.2, -0.15) is 0 Å². The van der Waals surface area contributed by atoms with Crippen LogP contribution in [0.25, 0.3) is 0 Å². The molecule has 2 aromatic rings. The molecule has 1 heterocycles. The maximum absolute atomic E-state index is 14.0. The lowest BCUT2D eigenvalue weighted by Gasteiger charge is -2.36. The molecule has 3 amide bonds. The van der Waals surface area contributed by atoms with Crippen molar-refractivity contribution in [1.29, 1.82) is 0 Å². The quantitative estimate of drug-likeness (QED) is 0.704. The zero-order chi connectivity index (χ0) is 24.1. The number of nitrogens with one attached hydrogen (secondary N) is 2. The summed E-state index contributed by atoms with van der Waals surface area (Å²) in [6.07, 6.45) is 4.77. The molecule has 180 valence electrons. The number of carbonyl (C=O) groups excluding carboxylic acids is 3. The second kappa shape index (κ2) is 10.8. The number of halogens is 1. The zero-order valence-electron chi connectivity index (χ0n) is 19.6. The Bertz CT molecular complexity index is 1050. The molecule has 1 saturated heterocycles. The molecular weight excluding hydrogens is 433 g/mol. The average Bonchev–Trinajstić information content (AvgIpc) is 2.85. The van der Waals surface area contributed by atoms with Crippen LogP contribution in [0.15, 0.2) is 48.5 Å². The lowest BCUT2D eigenvalue weighted by atomic mass is 9.88. The van der Waals surface area contributed by atoms with Gasteiger partial charge in [0, 0.05) is 36.7 Å². The van der Waals surface area contributed by atoms with E-state index in [0.29, 0.717) is 31.5 Å². The molecule has 2 aliphatic rings. The first-order chi connectivity index (χ1) is 16.4. The van der Waals surface area contributed by atoms with Crippen LogP contribution < -0.4 is 10.6 Å². The van der Waals surface area contributed by atoms with Crippen LogP contribution in [0.1, 0.15) is 64.8 Å². The maximum atomic E-state index is 14.0. The summed E-state index contributed by atoms with van der Waals surface area (Å²) >= 11 is 0. The third-order valence-corrected chi connectivity index (χ3v) is 7.06. The van der Waals surface area contributed by atoms with Gasteiger partial charge in [-0.05, 0) is 56.4 Å². The summed E-state index contributed by atoms with van der Waals surface area (Å²) in [7, 11) is 0. The van der Waals surface area contributed by atoms with E-state index in [-0.39, 0.29) is 41.3 Å². The molecule has 4 rings (SSSR count). The van der Waals surface area contributed by atoms with E-state index < -0.39 is 5.82 Å². The number of hydrogen-bond acceptors (Lipinski definition) is 3. The third-order valence-electron chi connectivity index (χ3n) is 7.06. The van der Waals surface area contributed by atoms with Crippen molar-refractivity contribution in [1.82, 2.24) is 15.5 Å². The molecule has 2 atom stereocenters. The van der Waals surface area contributed by atoms with E-state index in [1.165, 1.54) is 12.1 Å². The van der Waals surface area contributed by atoms with Crippen LogP contribution >= 0.6 is 0 Å². The molecular formula is C27H32FN3O3. The number of rotatable bonds is 5. The molecule has 1 aliphatic heterocycles. The molecule has 7 heteroatoms. The van der Waals surface area contributed by atoms with Gasteiger partial charge < -0.3 is 15.5 Å². The molecule has 0 unspecified atom stereocenters. The van der Waals surface area contributed by atoms with E-state index in [0.717, 1.165) is 31.2 Å². The van der Waals surface area contributed by atoms with Gasteiger partial charge in [-0.25, -0.2) is 4.39 Å². The van der Waals surface area contributed by atoms with E-state index in [1.807, 2.05) is 31.2 Å². The Balaban J connectivity index is 1.32. The van der Waals surface area contributed by atoms with Crippen molar-refractivity contribution >= 4 is 17.7 Å². The third kappa shape index (κ3) is 5.46. The number of piperidine rings is 1. The molecule has 0 spiro atoms. The SMILES string of the molecule is Cc1ccccc1C(=O)N[C@@H]1CCCC[C@H]1NC(=O)C1CCN(C(=O)c2ccccc2F)CC1. The highest BCUT2D eigenvalue weighted by molar-refractivity contribution is 5.96. The van der Waals surface area contributed by atoms with Crippen molar-refractivity contribution in [3.8, 4) is 0 Å². The summed E-state index contributed by atoms with van der Waals surface area (Å²) in [6.45, 7) is 2.76. The van der Waals surface area contributed by atoms with E-state index >= 15 is 0 Å². The zero-order valence-corrected chi connectivity index (χ0v) is 19.6. The van der Waals surface area contributed by atoms with Gasteiger partial charge in [0.15, 0.2) is 0 Å². The molecule has 1 saturated carbocycles. The summed E-state index contributed by atoms with van der Waals surface area (Å²) in [5.74, 6) is -1.18. The number of hydrogen-bond donors (Lipinski definition) is 2. The summed E-state index contributed by atoms with van der Waals surface area (Å²) < 4.78 is 14.0. The second-order valence-corrected chi connectivity index (χ2v) is 9.34. The highest BCUT2D eigenvalue weighted by Gasteiger charge is 2.33. The summed E-state index contributed by atoms with van der Waals surface area (Å²) in [5.41, 5.74) is 1.65. The molecule has 2 aromatic carbocycles. The number of likely N-dealkylation sites (tertiary alicyclic amines) is 1. The van der Waals surface area contributed by atoms with Crippen molar-refractivity contribution in [2.75, 3.05) is 13.1 Å². The van der Waals surface area contributed by atoms with Crippen molar-refractivity contribution in [2.24, 2.45) is 5.92 Å². The van der Waals surface area contributed by atoms with Crippen molar-refractivity contribution < 1.29 is 18.8 Å². The fraction of sp³-hybridized carbons (Fsp3) is 0.444. The lowest BCUT2D eigenvalue weighted by molar-refractivity contribution is -0.127. The first-order valence-corrected chi connectivity index (χ1v) is 12.1. The van der Waals surface area contributed by atoms with Crippen molar-refractivity contribution in [3.05, 3.63) is 71.0 Å². The minimum Gasteiger partial charge on any atom is -0.351 e. The van der Waals surface area contributed by atoms with Gasteiger partial charge in [-0.3, -0.25) is 14.4 Å². The summed E-state index contributed by atoms with van der Waals surface area (Å²) in [4.78, 5) is 40.1. The summed E-state index contributed by atoms with van der Waals surface area (Å²) in [5, 5.41) is 6.32. The topological polar surface area (TPSA) is 78.5 Å². The van der Waals surface area contributed by atoms with Crippen LogP contribution in [0.4, 0.5) is 4.39 Å². The Morgan fingerprint density at radius 3 is 2.06 bits per heavy atom. The standard InChI is InChI=1S/C27H32FN3O3/c1-18-8-2-3-9-20(18)26(33)30-24-13-7-6-12-23(24)29-25(32)19-14-16-31(17-15-19)27(34)21-10-4-5-11-22(21)28/h2-5,8-11,19,23-24H,6-7,12-17H2,1H3,(H,29,32)(H,30,33)/t23-,24-/m1/s1. The fourth-order valence-electron chi connectivity index (χ4n) is 5.00. The molecule has 2 N–H and O–H groups in total. The van der Waals surface area contributed by atoms with Gasteiger partial charge in [0.2, 0.25) is 5.91 Å². The van der Waals surface area contributed by atoms with E-state index in [2.05, 4.69) is 10.6 Å². The Labute approximate surface area is 199 Å². The summed E-state index contributed by atoms with van der Waals surface area (Å²) in [6, 6.07) is 13.3. The van der Waals surface area contributed by atoms with Gasteiger partial charge in [-0.1, -0.05) is 43.2 Å². The van der Waals surface area contributed by atoms with Crippen LogP contribution in [0.2, 0.25) is 0 Å². The minimum absolute atomic E-state index is 0.0277. The highest BCUT2D eigenvalue weighted by Crippen LogP contribution is 2.23. The average molecular weight is 466 g/mol.